The van der Waals surface area contributed by atoms with Crippen molar-refractivity contribution in [2.75, 3.05) is 0 Å². The smallest absolute Gasteiger partial charge is 0.201 e. The highest BCUT2D eigenvalue weighted by atomic mass is 14.9. The average molecular weight is 1140 g/mol. The first-order valence-electron chi connectivity index (χ1n) is 34.9. The number of hydrogen-bond acceptors (Lipinski definition) is 0. The van der Waals surface area contributed by atoms with Crippen molar-refractivity contribution in [3.63, 3.8) is 0 Å². The molecule has 0 radical (unpaired) electrons. The Morgan fingerprint density at radius 2 is 0.570 bits per heavy atom. The van der Waals surface area contributed by atoms with Gasteiger partial charge < -0.3 is 0 Å². The van der Waals surface area contributed by atoms with Crippen LogP contribution in [0.3, 0.4) is 0 Å². The fraction of sp³-hybridized carbons (Fsp3) is 0.171. The van der Waals surface area contributed by atoms with Crippen molar-refractivity contribution in [1.29, 1.82) is 0 Å². The van der Waals surface area contributed by atoms with Gasteiger partial charge in [-0.15, -0.1) is 0 Å². The van der Waals surface area contributed by atoms with Gasteiger partial charge in [-0.25, -0.2) is 18.3 Å². The lowest BCUT2D eigenvalue weighted by Crippen LogP contribution is -2.31. The SMILES string of the molecule is Cc1ccc(-c2cc(-c3ccccc3)c(C)c[n+]2C)c(C)c1.[2H]C([2H])([2H])c1c[n+](C)c(-c2ccccc2C)cc1-c1ccccc1.[2H]C([2H])([2H])c1ccc(-c2cc(-c3ccccc3)c(C([2H])([2H])[2H])c[n+]2C)c(C)c1.[2H]C([2H])([2H])c1ccc(-c2cc(-c3ccccc3)cc[n+]2C)c(C)c1. The number of benzene rings is 8. The molecule has 0 atom stereocenters. The van der Waals surface area contributed by atoms with Crippen LogP contribution in [-0.4, -0.2) is 0 Å². The highest BCUT2D eigenvalue weighted by Gasteiger charge is 2.20. The van der Waals surface area contributed by atoms with Gasteiger partial charge in [-0.1, -0.05) is 193 Å². The molecule has 0 fully saturated rings. The molecule has 0 aliphatic heterocycles. The Hall–Kier alpha value is -9.64. The van der Waals surface area contributed by atoms with Crippen LogP contribution >= 0.6 is 0 Å². The minimum Gasteiger partial charge on any atom is -0.201 e. The lowest BCUT2D eigenvalue weighted by atomic mass is 9.97. The van der Waals surface area contributed by atoms with Crippen molar-refractivity contribution in [2.24, 2.45) is 28.2 Å². The zero-order valence-electron chi connectivity index (χ0n) is 63.0. The van der Waals surface area contributed by atoms with Crippen molar-refractivity contribution < 1.29 is 34.7 Å². The Balaban J connectivity index is 0.000000153. The lowest BCUT2D eigenvalue weighted by Gasteiger charge is -2.10. The second kappa shape index (κ2) is 27.8. The number of hydrogen-bond donors (Lipinski definition) is 0. The molecule has 428 valence electrons. The van der Waals surface area contributed by atoms with Gasteiger partial charge in [-0.05, 0) is 160 Å². The van der Waals surface area contributed by atoms with Gasteiger partial charge in [0.25, 0.3) is 0 Å². The quantitative estimate of drug-likeness (QED) is 0.135. The first-order valence-corrected chi connectivity index (χ1v) is 28.9. The van der Waals surface area contributed by atoms with E-state index in [4.69, 9.17) is 16.4 Å². The molecule has 4 nitrogen and oxygen atoms in total. The van der Waals surface area contributed by atoms with Gasteiger partial charge in [-0.3, -0.25) is 0 Å². The van der Waals surface area contributed by atoms with Crippen molar-refractivity contribution in [3.05, 3.63) is 311 Å². The van der Waals surface area contributed by atoms with Gasteiger partial charge >= 0.3 is 0 Å². The molecule has 12 aromatic rings. The summed E-state index contributed by atoms with van der Waals surface area (Å²) in [6.45, 7) is 3.75. The van der Waals surface area contributed by atoms with Crippen LogP contribution in [0.4, 0.5) is 0 Å². The predicted octanol–water partition coefficient (Wildman–Crippen LogP) is 18.5. The molecule has 86 heavy (non-hydrogen) atoms. The average Bonchev–Trinajstić information content (AvgIpc) is 0.778. The van der Waals surface area contributed by atoms with Crippen LogP contribution in [0.25, 0.3) is 89.5 Å². The van der Waals surface area contributed by atoms with E-state index in [-0.39, 0.29) is 5.56 Å². The van der Waals surface area contributed by atoms with Crippen LogP contribution in [0.1, 0.15) is 72.1 Å². The summed E-state index contributed by atoms with van der Waals surface area (Å²) < 4.78 is 101. The van der Waals surface area contributed by atoms with Crippen molar-refractivity contribution >= 4 is 0 Å². The maximum atomic E-state index is 7.93. The van der Waals surface area contributed by atoms with E-state index in [1.54, 1.807) is 54.3 Å². The minimum absolute atomic E-state index is 0.279. The molecule has 4 heteroatoms. The van der Waals surface area contributed by atoms with Crippen molar-refractivity contribution in [1.82, 2.24) is 0 Å². The Labute approximate surface area is 530 Å². The summed E-state index contributed by atoms with van der Waals surface area (Å²) in [7, 11) is 7.82. The summed E-state index contributed by atoms with van der Waals surface area (Å²) in [6, 6.07) is 75.6. The van der Waals surface area contributed by atoms with Crippen LogP contribution < -0.4 is 18.3 Å². The van der Waals surface area contributed by atoms with Gasteiger partial charge in [0.2, 0.25) is 22.8 Å². The van der Waals surface area contributed by atoms with Crippen LogP contribution in [0, 0.1) is 68.9 Å². The maximum Gasteiger partial charge on any atom is 0.213 e. The molecule has 0 unspecified atom stereocenters. The van der Waals surface area contributed by atoms with Crippen LogP contribution in [0.15, 0.2) is 255 Å². The molecule has 0 amide bonds. The van der Waals surface area contributed by atoms with E-state index in [9.17, 15) is 0 Å². The molecule has 0 saturated heterocycles. The van der Waals surface area contributed by atoms with E-state index < -0.39 is 27.4 Å². The van der Waals surface area contributed by atoms with E-state index in [1.807, 2.05) is 148 Å². The van der Waals surface area contributed by atoms with Crippen LogP contribution in [0.2, 0.25) is 0 Å². The predicted molar refractivity (Wildman–Crippen MR) is 361 cm³/mol. The minimum atomic E-state index is -2.25. The van der Waals surface area contributed by atoms with Crippen LogP contribution in [-0.2, 0) is 28.2 Å². The molecule has 0 aliphatic carbocycles. The molecular weight excluding hydrogens is 1040 g/mol. The Morgan fingerprint density at radius 3 is 0.965 bits per heavy atom. The topological polar surface area (TPSA) is 15.5 Å². The highest BCUT2D eigenvalue weighted by molar-refractivity contribution is 5.76. The fourth-order valence-electron chi connectivity index (χ4n) is 11.0. The lowest BCUT2D eigenvalue weighted by molar-refractivity contribution is -0.660. The zero-order valence-corrected chi connectivity index (χ0v) is 51.0. The number of pyridine rings is 4. The van der Waals surface area contributed by atoms with E-state index in [0.717, 1.165) is 78.3 Å². The van der Waals surface area contributed by atoms with Crippen molar-refractivity contribution in [3.8, 4) is 89.5 Å². The summed E-state index contributed by atoms with van der Waals surface area (Å²) in [5.41, 5.74) is 24.6. The largest absolute Gasteiger partial charge is 0.213 e. The standard InChI is InChI=1S/2C21H22N.2C20H20N/c2*1-15-10-11-19(16(2)12-15)21-13-20(17(3)14-22(21)4)18-8-6-5-7-9-18;1-15-9-7-8-12-18(15)20-13-19(16(2)14-21(20)3)17-10-5-4-6-11-17;1-15-9-10-19(16(2)13-15)20-14-18(11-12-21(20)3)17-7-5-4-6-8-17/h2*5-14H,1-4H3;2*4-14H,1-3H3/q4*+1/i1D3,3D3;;2D3;1D3. The summed E-state index contributed by atoms with van der Waals surface area (Å²) in [6.07, 6.45) is 7.63. The number of rotatable bonds is 8. The fourth-order valence-corrected chi connectivity index (χ4v) is 11.0. The Kier molecular flexibility index (Phi) is 15.1. The zero-order chi connectivity index (χ0) is 71.0. The first kappa shape index (κ1) is 46.7. The molecular formula is C82H84N4+4. The number of aromatic nitrogens is 4. The maximum absolute atomic E-state index is 7.93. The molecule has 0 N–H and O–H groups in total. The molecule has 4 heterocycles. The highest BCUT2D eigenvalue weighted by Crippen LogP contribution is 2.32. The summed E-state index contributed by atoms with van der Waals surface area (Å²) in [5.74, 6) is 0. The third-order valence-electron chi connectivity index (χ3n) is 15.6. The van der Waals surface area contributed by atoms with Crippen LogP contribution in [0.5, 0.6) is 0 Å². The van der Waals surface area contributed by atoms with E-state index in [2.05, 4.69) is 141 Å². The monoisotopic (exact) mass is 1140 g/mol. The van der Waals surface area contributed by atoms with Gasteiger partial charge in [0.15, 0.2) is 24.8 Å². The van der Waals surface area contributed by atoms with Gasteiger partial charge in [0, 0.05) is 85.7 Å². The first-order chi connectivity index (χ1) is 46.3. The number of aryl methyl sites for hydroxylation is 14. The summed E-state index contributed by atoms with van der Waals surface area (Å²) in [4.78, 5) is 0. The van der Waals surface area contributed by atoms with Gasteiger partial charge in [0.1, 0.15) is 28.2 Å². The van der Waals surface area contributed by atoms with Crippen molar-refractivity contribution in [2.45, 2.75) is 68.9 Å². The molecule has 0 aliphatic rings. The number of nitrogens with zero attached hydrogens (tertiary/aromatic N) is 4. The van der Waals surface area contributed by atoms with E-state index in [1.165, 1.54) is 39.1 Å². The van der Waals surface area contributed by atoms with E-state index in [0.29, 0.717) is 22.3 Å². The molecule has 0 bridgehead atoms. The molecule has 4 aromatic heterocycles. The third-order valence-corrected chi connectivity index (χ3v) is 15.6. The Bertz CT molecular complexity index is 4770. The molecule has 8 aromatic carbocycles. The van der Waals surface area contributed by atoms with Gasteiger partial charge in [-0.2, -0.15) is 0 Å². The summed E-state index contributed by atoms with van der Waals surface area (Å²) >= 11 is 0. The van der Waals surface area contributed by atoms with Gasteiger partial charge in [0.05, 0.1) is 0 Å². The molecule has 12 rings (SSSR count). The summed E-state index contributed by atoms with van der Waals surface area (Å²) in [5, 5.41) is 0. The second-order valence-electron chi connectivity index (χ2n) is 22.1. The normalized spacial score (nSPS) is 13.3. The Morgan fingerprint density at radius 1 is 0.233 bits per heavy atom. The van der Waals surface area contributed by atoms with E-state index >= 15 is 0 Å². The molecule has 0 saturated carbocycles. The molecule has 0 spiro atoms. The third kappa shape index (κ3) is 14.6. The second-order valence-corrected chi connectivity index (χ2v) is 22.1.